The van der Waals surface area contributed by atoms with Crippen LogP contribution in [0.3, 0.4) is 0 Å². The first-order valence-electron chi connectivity index (χ1n) is 7.11. The fraction of sp³-hybridized carbons (Fsp3) is 0.375. The zero-order valence-corrected chi connectivity index (χ0v) is 12.9. The molecular formula is C16H19FN2O3. The van der Waals surface area contributed by atoms with Crippen LogP contribution in [0.1, 0.15) is 31.1 Å². The summed E-state index contributed by atoms with van der Waals surface area (Å²) in [6.45, 7) is 6.17. The Morgan fingerprint density at radius 3 is 2.32 bits per heavy atom. The highest BCUT2D eigenvalue weighted by atomic mass is 19.1. The summed E-state index contributed by atoms with van der Waals surface area (Å²) in [5.41, 5.74) is 1.90. The molecule has 0 spiro atoms. The van der Waals surface area contributed by atoms with Crippen molar-refractivity contribution in [2.45, 2.75) is 20.8 Å². The Labute approximate surface area is 128 Å². The Morgan fingerprint density at radius 1 is 1.14 bits per heavy atom. The Balaban J connectivity index is 2.35. The van der Waals surface area contributed by atoms with E-state index >= 15 is 0 Å². The second-order valence-electron chi connectivity index (χ2n) is 5.16. The van der Waals surface area contributed by atoms with Crippen molar-refractivity contribution in [1.82, 2.24) is 10.0 Å². The summed E-state index contributed by atoms with van der Waals surface area (Å²) in [7, 11) is 0. The zero-order chi connectivity index (χ0) is 16.3. The number of benzene rings is 1. The van der Waals surface area contributed by atoms with E-state index in [4.69, 9.17) is 4.74 Å². The molecular weight excluding hydrogens is 287 g/mol. The SMILES string of the molecule is CCOC(=O)N1CC(C)=C(C)CN1C(=O)c1ccccc1F. The number of halogens is 1. The smallest absolute Gasteiger partial charge is 0.429 e. The quantitative estimate of drug-likeness (QED) is 0.789. The third-order valence-corrected chi connectivity index (χ3v) is 3.61. The number of amides is 2. The highest BCUT2D eigenvalue weighted by Crippen LogP contribution is 2.21. The molecule has 118 valence electrons. The van der Waals surface area contributed by atoms with Gasteiger partial charge >= 0.3 is 6.09 Å². The summed E-state index contributed by atoms with van der Waals surface area (Å²) in [6.07, 6.45) is -0.612. The maximum Gasteiger partial charge on any atom is 0.429 e. The standard InChI is InChI=1S/C16H19FN2O3/c1-4-22-16(21)19-10-12(3)11(2)9-18(19)15(20)13-7-5-6-8-14(13)17/h5-8H,4,9-10H2,1-3H3. The highest BCUT2D eigenvalue weighted by Gasteiger charge is 2.32. The van der Waals surface area contributed by atoms with Crippen molar-refractivity contribution in [3.8, 4) is 0 Å². The van der Waals surface area contributed by atoms with E-state index in [1.165, 1.54) is 28.2 Å². The molecule has 0 bridgehead atoms. The van der Waals surface area contributed by atoms with Gasteiger partial charge in [-0.2, -0.15) is 0 Å². The van der Waals surface area contributed by atoms with Crippen LogP contribution >= 0.6 is 0 Å². The van der Waals surface area contributed by atoms with Crippen LogP contribution in [0.25, 0.3) is 0 Å². The molecule has 0 N–H and O–H groups in total. The van der Waals surface area contributed by atoms with Gasteiger partial charge in [-0.25, -0.2) is 19.2 Å². The fourth-order valence-corrected chi connectivity index (χ4v) is 2.21. The van der Waals surface area contributed by atoms with Crippen LogP contribution in [0.4, 0.5) is 9.18 Å². The molecule has 5 nitrogen and oxygen atoms in total. The number of carbonyl (C=O) groups excluding carboxylic acids is 2. The van der Waals surface area contributed by atoms with Crippen molar-refractivity contribution in [3.05, 3.63) is 46.8 Å². The van der Waals surface area contributed by atoms with E-state index < -0.39 is 17.8 Å². The number of carbonyl (C=O) groups is 2. The Morgan fingerprint density at radius 2 is 1.73 bits per heavy atom. The molecule has 0 fully saturated rings. The molecule has 0 saturated carbocycles. The molecule has 0 unspecified atom stereocenters. The van der Waals surface area contributed by atoms with E-state index in [2.05, 4.69) is 0 Å². The first-order valence-corrected chi connectivity index (χ1v) is 7.11. The van der Waals surface area contributed by atoms with Crippen LogP contribution < -0.4 is 0 Å². The summed E-state index contributed by atoms with van der Waals surface area (Å²) in [5, 5.41) is 2.46. The van der Waals surface area contributed by atoms with E-state index in [0.29, 0.717) is 0 Å². The summed E-state index contributed by atoms with van der Waals surface area (Å²) in [6, 6.07) is 5.73. The Kier molecular flexibility index (Phi) is 4.80. The third kappa shape index (κ3) is 3.10. The van der Waals surface area contributed by atoms with Gasteiger partial charge in [-0.15, -0.1) is 0 Å². The molecule has 6 heteroatoms. The van der Waals surface area contributed by atoms with E-state index in [1.807, 2.05) is 13.8 Å². The van der Waals surface area contributed by atoms with Gasteiger partial charge in [0.15, 0.2) is 0 Å². The maximum atomic E-state index is 13.9. The number of hydrogen-bond acceptors (Lipinski definition) is 3. The van der Waals surface area contributed by atoms with Gasteiger partial charge in [0.1, 0.15) is 5.82 Å². The van der Waals surface area contributed by atoms with Crippen molar-refractivity contribution in [2.75, 3.05) is 19.7 Å². The lowest BCUT2D eigenvalue weighted by molar-refractivity contribution is -0.00746. The molecule has 22 heavy (non-hydrogen) atoms. The summed E-state index contributed by atoms with van der Waals surface area (Å²) < 4.78 is 18.8. The van der Waals surface area contributed by atoms with E-state index in [9.17, 15) is 14.0 Å². The second kappa shape index (κ2) is 6.60. The van der Waals surface area contributed by atoms with Gasteiger partial charge in [0, 0.05) is 0 Å². The molecule has 0 aromatic heterocycles. The zero-order valence-electron chi connectivity index (χ0n) is 12.9. The lowest BCUT2D eigenvalue weighted by atomic mass is 10.1. The molecule has 1 aliphatic rings. The topological polar surface area (TPSA) is 49.9 Å². The Hall–Kier alpha value is -2.37. The first kappa shape index (κ1) is 16.0. The lowest BCUT2D eigenvalue weighted by Gasteiger charge is -2.38. The minimum Gasteiger partial charge on any atom is -0.448 e. The van der Waals surface area contributed by atoms with Crippen molar-refractivity contribution < 1.29 is 18.7 Å². The number of rotatable bonds is 2. The van der Waals surface area contributed by atoms with Gasteiger partial charge in [0.25, 0.3) is 5.91 Å². The number of hydrogen-bond donors (Lipinski definition) is 0. The lowest BCUT2D eigenvalue weighted by Crippen LogP contribution is -2.53. The first-order chi connectivity index (χ1) is 10.5. The second-order valence-corrected chi connectivity index (χ2v) is 5.16. The summed E-state index contributed by atoms with van der Waals surface area (Å²) in [4.78, 5) is 24.7. The van der Waals surface area contributed by atoms with E-state index in [-0.39, 0.29) is 25.3 Å². The Bertz CT molecular complexity index is 628. The molecule has 0 atom stereocenters. The van der Waals surface area contributed by atoms with Crippen LogP contribution in [-0.2, 0) is 4.74 Å². The number of hydrazine groups is 1. The van der Waals surface area contributed by atoms with Gasteiger partial charge in [-0.3, -0.25) is 4.79 Å². The van der Waals surface area contributed by atoms with Crippen LogP contribution in [0.15, 0.2) is 35.4 Å². The maximum absolute atomic E-state index is 13.9. The fourth-order valence-electron chi connectivity index (χ4n) is 2.21. The molecule has 0 radical (unpaired) electrons. The monoisotopic (exact) mass is 306 g/mol. The molecule has 1 aromatic carbocycles. The van der Waals surface area contributed by atoms with Crippen LogP contribution in [-0.4, -0.2) is 41.7 Å². The van der Waals surface area contributed by atoms with Gasteiger partial charge in [0.05, 0.1) is 25.3 Å². The molecule has 1 aliphatic heterocycles. The molecule has 2 amide bonds. The summed E-state index contributed by atoms with van der Waals surface area (Å²) in [5.74, 6) is -1.17. The van der Waals surface area contributed by atoms with Gasteiger partial charge in [-0.1, -0.05) is 23.3 Å². The van der Waals surface area contributed by atoms with Gasteiger partial charge < -0.3 is 4.74 Å². The molecule has 0 saturated heterocycles. The minimum absolute atomic E-state index is 0.0656. The highest BCUT2D eigenvalue weighted by molar-refractivity contribution is 5.95. The van der Waals surface area contributed by atoms with Crippen molar-refractivity contribution in [3.63, 3.8) is 0 Å². The average molecular weight is 306 g/mol. The average Bonchev–Trinajstić information content (AvgIpc) is 2.49. The van der Waals surface area contributed by atoms with Crippen molar-refractivity contribution in [1.29, 1.82) is 0 Å². The van der Waals surface area contributed by atoms with Crippen LogP contribution in [0.2, 0.25) is 0 Å². The number of ether oxygens (including phenoxy) is 1. The summed E-state index contributed by atoms with van der Waals surface area (Å²) >= 11 is 0. The predicted octanol–water partition coefficient (Wildman–Crippen LogP) is 2.99. The van der Waals surface area contributed by atoms with E-state index in [0.717, 1.165) is 11.1 Å². The molecule has 2 rings (SSSR count). The molecule has 0 aliphatic carbocycles. The minimum atomic E-state index is -0.612. The molecule has 1 aromatic rings. The third-order valence-electron chi connectivity index (χ3n) is 3.61. The largest absolute Gasteiger partial charge is 0.448 e. The van der Waals surface area contributed by atoms with Crippen molar-refractivity contribution in [2.24, 2.45) is 0 Å². The van der Waals surface area contributed by atoms with Gasteiger partial charge in [-0.05, 0) is 32.9 Å². The normalized spacial score (nSPS) is 15.1. The van der Waals surface area contributed by atoms with Crippen molar-refractivity contribution >= 4 is 12.0 Å². The predicted molar refractivity (Wildman–Crippen MR) is 79.5 cm³/mol. The molecule has 1 heterocycles. The van der Waals surface area contributed by atoms with Crippen LogP contribution in [0, 0.1) is 5.82 Å². The number of nitrogens with zero attached hydrogens (tertiary/aromatic N) is 2. The van der Waals surface area contributed by atoms with Crippen LogP contribution in [0.5, 0.6) is 0 Å². The van der Waals surface area contributed by atoms with Gasteiger partial charge in [0.2, 0.25) is 0 Å². The van der Waals surface area contributed by atoms with E-state index in [1.54, 1.807) is 13.0 Å².